The predicted octanol–water partition coefficient (Wildman–Crippen LogP) is 3.57. The Morgan fingerprint density at radius 3 is 2.29 bits per heavy atom. The largest absolute Gasteiger partial charge is 0.497 e. The van der Waals surface area contributed by atoms with Gasteiger partial charge >= 0.3 is 0 Å². The van der Waals surface area contributed by atoms with Gasteiger partial charge in [-0.05, 0) is 63.9 Å². The van der Waals surface area contributed by atoms with Gasteiger partial charge in [-0.15, -0.1) is 0 Å². The highest BCUT2D eigenvalue weighted by molar-refractivity contribution is 7.92. The average Bonchev–Trinajstić information content (AvgIpc) is 2.78. The summed E-state index contributed by atoms with van der Waals surface area (Å²) < 4.78 is 31.3. The van der Waals surface area contributed by atoms with Gasteiger partial charge in [0.1, 0.15) is 11.8 Å². The minimum absolute atomic E-state index is 0.0932. The summed E-state index contributed by atoms with van der Waals surface area (Å²) in [6.07, 6.45) is 1.55. The van der Waals surface area contributed by atoms with Crippen LogP contribution in [0.5, 0.6) is 5.75 Å². The molecule has 0 spiro atoms. The molecule has 2 amide bonds. The summed E-state index contributed by atoms with van der Waals surface area (Å²) in [5.41, 5.74) is 0.936. The molecule has 8 nitrogen and oxygen atoms in total. The number of nitrogens with zero attached hydrogens (tertiary/aromatic N) is 2. The first-order chi connectivity index (χ1) is 16.3. The lowest BCUT2D eigenvalue weighted by atomic mass is 10.1. The van der Waals surface area contributed by atoms with Crippen LogP contribution in [0, 0.1) is 0 Å². The Labute approximate surface area is 209 Å². The smallest absolute Gasteiger partial charge is 0.242 e. The van der Waals surface area contributed by atoms with E-state index >= 15 is 0 Å². The third-order valence-electron chi connectivity index (χ3n) is 5.35. The van der Waals surface area contributed by atoms with E-state index in [0.717, 1.165) is 11.8 Å². The Balaban J connectivity index is 2.19. The Morgan fingerprint density at radius 1 is 1.06 bits per heavy atom. The second-order valence-electron chi connectivity index (χ2n) is 9.56. The van der Waals surface area contributed by atoms with E-state index in [9.17, 15) is 18.0 Å². The van der Waals surface area contributed by atoms with Crippen molar-refractivity contribution >= 4 is 27.5 Å². The van der Waals surface area contributed by atoms with E-state index in [1.165, 1.54) is 9.21 Å². The molecule has 1 unspecified atom stereocenters. The molecule has 0 saturated carbocycles. The Bertz CT molecular complexity index is 1100. The number of methoxy groups -OCH3 is 1. The molecule has 0 radical (unpaired) electrons. The molecule has 2 aromatic rings. The van der Waals surface area contributed by atoms with E-state index in [1.54, 1.807) is 38.3 Å². The van der Waals surface area contributed by atoms with E-state index < -0.39 is 21.6 Å². The van der Waals surface area contributed by atoms with Gasteiger partial charge in [0.25, 0.3) is 0 Å². The average molecular weight is 504 g/mol. The monoisotopic (exact) mass is 503 g/mol. The highest BCUT2D eigenvalue weighted by atomic mass is 32.2. The number of amides is 2. The van der Waals surface area contributed by atoms with Gasteiger partial charge in [0.2, 0.25) is 21.8 Å². The van der Waals surface area contributed by atoms with Crippen molar-refractivity contribution in [2.75, 3.05) is 24.2 Å². The molecule has 192 valence electrons. The van der Waals surface area contributed by atoms with Gasteiger partial charge in [-0.3, -0.25) is 13.9 Å². The third kappa shape index (κ3) is 8.90. The number of carbonyl (C=O) groups excluding carboxylic acids is 2. The highest BCUT2D eigenvalue weighted by Gasteiger charge is 2.28. The fraction of sp³-hybridized carbons (Fsp3) is 0.462. The van der Waals surface area contributed by atoms with Crippen molar-refractivity contribution in [3.05, 3.63) is 60.2 Å². The Morgan fingerprint density at radius 2 is 1.71 bits per heavy atom. The van der Waals surface area contributed by atoms with Crippen LogP contribution in [0.25, 0.3) is 0 Å². The molecule has 9 heteroatoms. The molecule has 35 heavy (non-hydrogen) atoms. The quantitative estimate of drug-likeness (QED) is 0.506. The third-order valence-corrected chi connectivity index (χ3v) is 6.54. The molecule has 1 atom stereocenters. The Kier molecular flexibility index (Phi) is 9.71. The van der Waals surface area contributed by atoms with Gasteiger partial charge in [0.05, 0.1) is 19.1 Å². The topological polar surface area (TPSA) is 96.0 Å². The lowest BCUT2D eigenvalue weighted by Gasteiger charge is -2.32. The summed E-state index contributed by atoms with van der Waals surface area (Å²) >= 11 is 0. The van der Waals surface area contributed by atoms with Gasteiger partial charge in [-0.1, -0.05) is 30.3 Å². The number of hydrogen-bond acceptors (Lipinski definition) is 5. The summed E-state index contributed by atoms with van der Waals surface area (Å²) in [5.74, 6) is 0.176. The maximum absolute atomic E-state index is 13.3. The van der Waals surface area contributed by atoms with Crippen molar-refractivity contribution in [3.63, 3.8) is 0 Å². The van der Waals surface area contributed by atoms with Crippen molar-refractivity contribution in [2.24, 2.45) is 0 Å². The molecule has 0 fully saturated rings. The van der Waals surface area contributed by atoms with Crippen molar-refractivity contribution < 1.29 is 22.7 Å². The molecule has 0 bridgehead atoms. The van der Waals surface area contributed by atoms with Crippen LogP contribution < -0.4 is 14.4 Å². The number of ether oxygens (including phenoxy) is 1. The number of hydrogen-bond donors (Lipinski definition) is 1. The normalized spacial score (nSPS) is 12.5. The molecule has 0 aliphatic rings. The lowest BCUT2D eigenvalue weighted by molar-refractivity contribution is -0.141. The number of sulfonamides is 1. The van der Waals surface area contributed by atoms with E-state index in [2.05, 4.69) is 5.32 Å². The maximum atomic E-state index is 13.3. The number of rotatable bonds is 11. The van der Waals surface area contributed by atoms with Gasteiger partial charge < -0.3 is 15.0 Å². The summed E-state index contributed by atoms with van der Waals surface area (Å²) in [4.78, 5) is 27.8. The molecule has 0 aliphatic carbocycles. The summed E-state index contributed by atoms with van der Waals surface area (Å²) in [6, 6.07) is 15.4. The molecule has 1 N–H and O–H groups in total. The number of nitrogens with one attached hydrogen (secondary N) is 1. The number of para-hydroxylation sites is 1. The zero-order valence-corrected chi connectivity index (χ0v) is 22.3. The van der Waals surface area contributed by atoms with Crippen molar-refractivity contribution in [1.29, 1.82) is 0 Å². The molecule has 2 rings (SSSR count). The molecule has 0 heterocycles. The predicted molar refractivity (Wildman–Crippen MR) is 139 cm³/mol. The fourth-order valence-electron chi connectivity index (χ4n) is 3.62. The zero-order chi connectivity index (χ0) is 26.2. The van der Waals surface area contributed by atoms with Gasteiger partial charge in [-0.25, -0.2) is 8.42 Å². The molecule has 0 aliphatic heterocycles. The van der Waals surface area contributed by atoms with E-state index in [0.29, 0.717) is 17.9 Å². The lowest BCUT2D eigenvalue weighted by Crippen LogP contribution is -2.52. The van der Waals surface area contributed by atoms with Crippen LogP contribution in [0.4, 0.5) is 5.69 Å². The van der Waals surface area contributed by atoms with Crippen molar-refractivity contribution in [2.45, 2.75) is 58.7 Å². The highest BCUT2D eigenvalue weighted by Crippen LogP contribution is 2.20. The molecule has 0 saturated heterocycles. The van der Waals surface area contributed by atoms with Crippen LogP contribution >= 0.6 is 0 Å². The Hall–Kier alpha value is -3.07. The molecule has 0 aromatic heterocycles. The summed E-state index contributed by atoms with van der Waals surface area (Å²) in [6.45, 7) is 7.74. The van der Waals surface area contributed by atoms with Gasteiger partial charge in [0, 0.05) is 25.0 Å². The molecular formula is C26H37N3O5S. The van der Waals surface area contributed by atoms with E-state index in [1.807, 2.05) is 51.1 Å². The SMILES string of the molecule is COc1cccc(CN(C(=O)CCCN(c2ccccc2)S(C)(=O)=O)C(C)C(=O)NC(C)(C)C)c1. The first-order valence-corrected chi connectivity index (χ1v) is 13.4. The van der Waals surface area contributed by atoms with Crippen molar-refractivity contribution in [3.8, 4) is 5.75 Å². The summed E-state index contributed by atoms with van der Waals surface area (Å²) in [7, 11) is -1.94. The van der Waals surface area contributed by atoms with Crippen LogP contribution in [0.15, 0.2) is 54.6 Å². The minimum atomic E-state index is -3.51. The maximum Gasteiger partial charge on any atom is 0.242 e. The van der Waals surface area contributed by atoms with Crippen LogP contribution in [-0.4, -0.2) is 56.6 Å². The number of anilines is 1. The molecular weight excluding hydrogens is 466 g/mol. The van der Waals surface area contributed by atoms with E-state index in [4.69, 9.17) is 4.74 Å². The second-order valence-corrected chi connectivity index (χ2v) is 11.5. The van der Waals surface area contributed by atoms with Crippen LogP contribution in [0.1, 0.15) is 46.1 Å². The van der Waals surface area contributed by atoms with Gasteiger partial charge in [-0.2, -0.15) is 0 Å². The number of benzene rings is 2. The molecule has 2 aromatic carbocycles. The number of carbonyl (C=O) groups is 2. The first kappa shape index (κ1) is 28.2. The second kappa shape index (κ2) is 12.1. The van der Waals surface area contributed by atoms with Gasteiger partial charge in [0.15, 0.2) is 0 Å². The first-order valence-electron chi connectivity index (χ1n) is 11.6. The minimum Gasteiger partial charge on any atom is -0.497 e. The van der Waals surface area contributed by atoms with E-state index in [-0.39, 0.29) is 31.3 Å². The van der Waals surface area contributed by atoms with Crippen LogP contribution in [0.3, 0.4) is 0 Å². The fourth-order valence-corrected chi connectivity index (χ4v) is 4.59. The van der Waals surface area contributed by atoms with Crippen LogP contribution in [-0.2, 0) is 26.2 Å². The van der Waals surface area contributed by atoms with Crippen LogP contribution in [0.2, 0.25) is 0 Å². The van der Waals surface area contributed by atoms with Crippen molar-refractivity contribution in [1.82, 2.24) is 10.2 Å². The zero-order valence-electron chi connectivity index (χ0n) is 21.4. The standard InChI is InChI=1S/C26H37N3O5S/c1-20(25(31)27-26(2,3)4)28(19-21-12-10-15-23(18-21)34-5)24(30)16-11-17-29(35(6,32)33)22-13-8-7-9-14-22/h7-10,12-15,18,20H,11,16-17,19H2,1-6H3,(H,27,31). The summed E-state index contributed by atoms with van der Waals surface area (Å²) in [5, 5.41) is 2.93.